The summed E-state index contributed by atoms with van der Waals surface area (Å²) < 4.78 is 14.6. The van der Waals surface area contributed by atoms with Crippen molar-refractivity contribution >= 4 is 17.5 Å². The molecule has 0 saturated carbocycles. The number of hydrogen-bond donors (Lipinski definition) is 1. The molecule has 0 saturated heterocycles. The smallest absolute Gasteiger partial charge is 0.271 e. The van der Waals surface area contributed by atoms with Crippen molar-refractivity contribution in [1.82, 2.24) is 14.7 Å². The average Bonchev–Trinajstić information content (AvgIpc) is 2.78. The number of nitrogens with one attached hydrogen (secondary N) is 1. The molecular weight excluding hydrogens is 411 g/mol. The van der Waals surface area contributed by atoms with Gasteiger partial charge in [-0.25, -0.2) is 4.39 Å². The first-order chi connectivity index (χ1) is 15.3. The number of benzene rings is 2. The van der Waals surface area contributed by atoms with E-state index in [1.807, 2.05) is 6.92 Å². The Morgan fingerprint density at radius 2 is 1.88 bits per heavy atom. The molecule has 1 aliphatic rings. The second-order valence-electron chi connectivity index (χ2n) is 7.62. The van der Waals surface area contributed by atoms with Crippen LogP contribution in [0.1, 0.15) is 23.5 Å². The van der Waals surface area contributed by atoms with Crippen molar-refractivity contribution in [3.8, 4) is 5.69 Å². The molecule has 2 heterocycles. The predicted molar refractivity (Wildman–Crippen MR) is 118 cm³/mol. The normalized spacial score (nSPS) is 16.0. The molecule has 2 amide bonds. The molecule has 0 bridgehead atoms. The highest BCUT2D eigenvalue weighted by atomic mass is 19.1. The molecular formula is C24H21FN4O3. The maximum atomic E-state index is 13.4. The molecule has 1 aromatic heterocycles. The SMILES string of the molecule is Cc1ccc(-n2ncccc2=O)cc1NC(=O)C1=CN(C)C(=O)CC1c1ccc(F)cc1. The molecule has 1 unspecified atom stereocenters. The van der Waals surface area contributed by atoms with Crippen molar-refractivity contribution < 1.29 is 14.0 Å². The van der Waals surface area contributed by atoms with Crippen molar-refractivity contribution in [2.75, 3.05) is 12.4 Å². The molecule has 32 heavy (non-hydrogen) atoms. The first-order valence-electron chi connectivity index (χ1n) is 10.0. The van der Waals surface area contributed by atoms with Gasteiger partial charge in [-0.3, -0.25) is 14.4 Å². The third-order valence-corrected chi connectivity index (χ3v) is 5.44. The number of aryl methyl sites for hydroxylation is 1. The molecule has 4 rings (SSSR count). The lowest BCUT2D eigenvalue weighted by Gasteiger charge is -2.28. The number of aromatic nitrogens is 2. The molecule has 1 atom stereocenters. The Hall–Kier alpha value is -4.07. The maximum Gasteiger partial charge on any atom is 0.271 e. The number of hydrogen-bond acceptors (Lipinski definition) is 4. The fraction of sp³-hybridized carbons (Fsp3) is 0.167. The lowest BCUT2D eigenvalue weighted by Crippen LogP contribution is -2.33. The molecule has 0 spiro atoms. The summed E-state index contributed by atoms with van der Waals surface area (Å²) in [5, 5.41) is 6.96. The number of anilines is 1. The van der Waals surface area contributed by atoms with Crippen molar-refractivity contribution in [2.45, 2.75) is 19.3 Å². The van der Waals surface area contributed by atoms with Gasteiger partial charge in [0.15, 0.2) is 0 Å². The third-order valence-electron chi connectivity index (χ3n) is 5.44. The molecule has 0 fully saturated rings. The zero-order valence-electron chi connectivity index (χ0n) is 17.6. The van der Waals surface area contributed by atoms with E-state index in [9.17, 15) is 18.8 Å². The molecule has 8 heteroatoms. The van der Waals surface area contributed by atoms with Crippen LogP contribution in [0.5, 0.6) is 0 Å². The standard InChI is InChI=1S/C24H21FN4O3/c1-15-5-10-18(29-22(30)4-3-11-26-29)12-21(15)27-24(32)20-14-28(2)23(31)13-19(20)16-6-8-17(25)9-7-16/h3-12,14,19H,13H2,1-2H3,(H,27,32). The van der Waals surface area contributed by atoms with Crippen LogP contribution in [0.25, 0.3) is 5.69 Å². The monoisotopic (exact) mass is 432 g/mol. The minimum absolute atomic E-state index is 0.101. The van der Waals surface area contributed by atoms with Crippen molar-refractivity contribution in [3.63, 3.8) is 0 Å². The molecule has 162 valence electrons. The third kappa shape index (κ3) is 4.20. The van der Waals surface area contributed by atoms with Gasteiger partial charge in [0.25, 0.3) is 11.5 Å². The summed E-state index contributed by atoms with van der Waals surface area (Å²) >= 11 is 0. The summed E-state index contributed by atoms with van der Waals surface area (Å²) in [5.74, 6) is -1.41. The van der Waals surface area contributed by atoms with E-state index in [0.717, 1.165) is 5.56 Å². The van der Waals surface area contributed by atoms with Crippen molar-refractivity contribution in [2.24, 2.45) is 0 Å². The van der Waals surface area contributed by atoms with E-state index in [-0.39, 0.29) is 29.6 Å². The highest BCUT2D eigenvalue weighted by Gasteiger charge is 2.31. The molecule has 2 aromatic carbocycles. The van der Waals surface area contributed by atoms with Crippen LogP contribution in [0.2, 0.25) is 0 Å². The topological polar surface area (TPSA) is 84.3 Å². The summed E-state index contributed by atoms with van der Waals surface area (Å²) in [6.45, 7) is 1.84. The highest BCUT2D eigenvalue weighted by Crippen LogP contribution is 2.33. The second kappa shape index (κ2) is 8.58. The van der Waals surface area contributed by atoms with E-state index in [0.29, 0.717) is 22.5 Å². The fourth-order valence-corrected chi connectivity index (χ4v) is 3.63. The molecule has 1 N–H and O–H groups in total. The van der Waals surface area contributed by atoms with Gasteiger partial charge in [0.05, 0.1) is 5.69 Å². The maximum absolute atomic E-state index is 13.4. The zero-order chi connectivity index (χ0) is 22.8. The molecule has 7 nitrogen and oxygen atoms in total. The second-order valence-corrected chi connectivity index (χ2v) is 7.62. The van der Waals surface area contributed by atoms with Crippen molar-refractivity contribution in [3.05, 3.63) is 99.9 Å². The first-order valence-corrected chi connectivity index (χ1v) is 10.0. The molecule has 0 aliphatic carbocycles. The largest absolute Gasteiger partial charge is 0.322 e. The van der Waals surface area contributed by atoms with Crippen LogP contribution in [-0.2, 0) is 9.59 Å². The minimum Gasteiger partial charge on any atom is -0.322 e. The van der Waals surface area contributed by atoms with E-state index in [1.54, 1.807) is 43.4 Å². The molecule has 1 aliphatic heterocycles. The molecule has 3 aromatic rings. The fourth-order valence-electron chi connectivity index (χ4n) is 3.63. The number of halogens is 1. The van der Waals surface area contributed by atoms with Gasteiger partial charge in [0, 0.05) is 49.1 Å². The van der Waals surface area contributed by atoms with Crippen LogP contribution < -0.4 is 10.9 Å². The number of amides is 2. The van der Waals surface area contributed by atoms with Crippen LogP contribution in [0.15, 0.2) is 77.4 Å². The van der Waals surface area contributed by atoms with Gasteiger partial charge in [0.1, 0.15) is 5.82 Å². The van der Waals surface area contributed by atoms with Crippen molar-refractivity contribution in [1.29, 1.82) is 0 Å². The van der Waals surface area contributed by atoms with Gasteiger partial charge in [-0.1, -0.05) is 18.2 Å². The quantitative estimate of drug-likeness (QED) is 0.687. The molecule has 0 radical (unpaired) electrons. The van der Waals surface area contributed by atoms with Crippen LogP contribution in [0.4, 0.5) is 10.1 Å². The van der Waals surface area contributed by atoms with E-state index in [1.165, 1.54) is 40.2 Å². The van der Waals surface area contributed by atoms with E-state index < -0.39 is 5.92 Å². The Kier molecular flexibility index (Phi) is 5.68. The summed E-state index contributed by atoms with van der Waals surface area (Å²) in [4.78, 5) is 39.1. The van der Waals surface area contributed by atoms with Crippen LogP contribution in [0.3, 0.4) is 0 Å². The number of carbonyl (C=O) groups is 2. The predicted octanol–water partition coefficient (Wildman–Crippen LogP) is 3.15. The number of rotatable bonds is 4. The lowest BCUT2D eigenvalue weighted by atomic mass is 9.85. The van der Waals surface area contributed by atoms with Gasteiger partial charge in [-0.05, 0) is 48.4 Å². The number of nitrogens with zero attached hydrogens (tertiary/aromatic N) is 3. The zero-order valence-corrected chi connectivity index (χ0v) is 17.6. The van der Waals surface area contributed by atoms with Gasteiger partial charge in [-0.2, -0.15) is 9.78 Å². The average molecular weight is 432 g/mol. The summed E-state index contributed by atoms with van der Waals surface area (Å²) in [6, 6.07) is 13.9. The summed E-state index contributed by atoms with van der Waals surface area (Å²) in [5.41, 5.74) is 2.60. The first kappa shape index (κ1) is 21.2. The van der Waals surface area contributed by atoms with Crippen LogP contribution >= 0.6 is 0 Å². The Balaban J connectivity index is 1.67. The van der Waals surface area contributed by atoms with E-state index in [4.69, 9.17) is 0 Å². The van der Waals surface area contributed by atoms with E-state index in [2.05, 4.69) is 10.4 Å². The summed E-state index contributed by atoms with van der Waals surface area (Å²) in [7, 11) is 1.59. The van der Waals surface area contributed by atoms with Gasteiger partial charge in [-0.15, -0.1) is 0 Å². The van der Waals surface area contributed by atoms with Gasteiger partial charge < -0.3 is 10.2 Å². The summed E-state index contributed by atoms with van der Waals surface area (Å²) in [6.07, 6.45) is 3.12. The van der Waals surface area contributed by atoms with Gasteiger partial charge in [0.2, 0.25) is 5.91 Å². The number of carbonyl (C=O) groups excluding carboxylic acids is 2. The Bertz CT molecular complexity index is 1280. The van der Waals surface area contributed by atoms with Crippen LogP contribution in [0, 0.1) is 12.7 Å². The van der Waals surface area contributed by atoms with Crippen LogP contribution in [-0.4, -0.2) is 33.5 Å². The Labute approximate surface area is 183 Å². The lowest BCUT2D eigenvalue weighted by molar-refractivity contribution is -0.128. The Morgan fingerprint density at radius 3 is 2.59 bits per heavy atom. The minimum atomic E-state index is -0.499. The van der Waals surface area contributed by atoms with E-state index >= 15 is 0 Å². The van der Waals surface area contributed by atoms with Gasteiger partial charge >= 0.3 is 0 Å². The Morgan fingerprint density at radius 1 is 1.12 bits per heavy atom. The highest BCUT2D eigenvalue weighted by molar-refractivity contribution is 6.06.